The van der Waals surface area contributed by atoms with Crippen LogP contribution in [0.1, 0.15) is 17.5 Å². The number of hydrogen-bond donors (Lipinski definition) is 0. The lowest BCUT2D eigenvalue weighted by atomic mass is 9.95. The minimum absolute atomic E-state index is 0.231. The Balaban J connectivity index is 2.47. The third-order valence-corrected chi connectivity index (χ3v) is 3.94. The fraction of sp³-hybridized carbons (Fsp3) is 0.267. The van der Waals surface area contributed by atoms with Gasteiger partial charge in [-0.3, -0.25) is 0 Å². The van der Waals surface area contributed by atoms with Crippen LogP contribution in [0.3, 0.4) is 0 Å². The number of para-hydroxylation sites is 1. The first kappa shape index (κ1) is 13.6. The molecule has 1 aromatic carbocycles. The van der Waals surface area contributed by atoms with Crippen molar-refractivity contribution < 1.29 is 9.47 Å². The van der Waals surface area contributed by atoms with Crippen LogP contribution in [0.25, 0.3) is 0 Å². The van der Waals surface area contributed by atoms with Crippen molar-refractivity contribution in [2.45, 2.75) is 12.5 Å². The lowest BCUT2D eigenvalue weighted by Gasteiger charge is -2.28. The largest absolute Gasteiger partial charge is 0.481 e. The third kappa shape index (κ3) is 2.62. The van der Waals surface area contributed by atoms with Crippen molar-refractivity contribution >= 4 is 11.3 Å². The first-order valence-electron chi connectivity index (χ1n) is 5.83. The maximum atomic E-state index is 5.71. The third-order valence-electron chi connectivity index (χ3n) is 2.96. The van der Waals surface area contributed by atoms with Crippen LogP contribution in [-0.2, 0) is 10.3 Å². The molecule has 0 radical (unpaired) electrons. The van der Waals surface area contributed by atoms with Gasteiger partial charge in [-0.05, 0) is 13.0 Å². The van der Waals surface area contributed by atoms with Crippen LogP contribution in [0.4, 0.5) is 0 Å². The zero-order valence-corrected chi connectivity index (χ0v) is 11.7. The van der Waals surface area contributed by atoms with E-state index < -0.39 is 5.60 Å². The van der Waals surface area contributed by atoms with Crippen LogP contribution in [0, 0.1) is 12.3 Å². The number of aromatic nitrogens is 1. The number of hydrogen-bond acceptors (Lipinski definition) is 4. The predicted molar refractivity (Wildman–Crippen MR) is 76.3 cm³/mol. The molecule has 0 saturated carbocycles. The SMILES string of the molecule is C#CCOc1ccccc1C(C)(OC)c1nccs1. The molecule has 3 nitrogen and oxygen atoms in total. The summed E-state index contributed by atoms with van der Waals surface area (Å²) in [7, 11) is 1.67. The van der Waals surface area contributed by atoms with Gasteiger partial charge < -0.3 is 9.47 Å². The van der Waals surface area contributed by atoms with Crippen LogP contribution in [0.5, 0.6) is 5.75 Å². The quantitative estimate of drug-likeness (QED) is 0.785. The number of benzene rings is 1. The van der Waals surface area contributed by atoms with Gasteiger partial charge in [0.25, 0.3) is 0 Å². The molecule has 0 aliphatic rings. The molecule has 19 heavy (non-hydrogen) atoms. The fourth-order valence-corrected chi connectivity index (χ4v) is 2.67. The van der Waals surface area contributed by atoms with Crippen molar-refractivity contribution in [3.63, 3.8) is 0 Å². The Morgan fingerprint density at radius 2 is 2.21 bits per heavy atom. The van der Waals surface area contributed by atoms with E-state index in [-0.39, 0.29) is 6.61 Å². The number of methoxy groups -OCH3 is 1. The summed E-state index contributed by atoms with van der Waals surface area (Å²) in [4.78, 5) is 4.35. The normalized spacial score (nSPS) is 13.5. The van der Waals surface area contributed by atoms with Gasteiger partial charge in [-0.2, -0.15) is 0 Å². The van der Waals surface area contributed by atoms with Gasteiger partial charge in [0, 0.05) is 24.3 Å². The van der Waals surface area contributed by atoms with E-state index in [4.69, 9.17) is 15.9 Å². The average molecular weight is 273 g/mol. The second-order valence-corrected chi connectivity index (χ2v) is 4.96. The highest BCUT2D eigenvalue weighted by Crippen LogP contribution is 2.38. The van der Waals surface area contributed by atoms with E-state index in [1.807, 2.05) is 36.6 Å². The molecular weight excluding hydrogens is 258 g/mol. The topological polar surface area (TPSA) is 31.4 Å². The molecule has 1 heterocycles. The van der Waals surface area contributed by atoms with E-state index >= 15 is 0 Å². The molecule has 0 aliphatic carbocycles. The van der Waals surface area contributed by atoms with E-state index in [9.17, 15) is 0 Å². The van der Waals surface area contributed by atoms with E-state index in [1.54, 1.807) is 24.6 Å². The zero-order chi connectivity index (χ0) is 13.7. The second kappa shape index (κ2) is 5.87. The van der Waals surface area contributed by atoms with E-state index in [0.29, 0.717) is 0 Å². The molecule has 2 aromatic rings. The van der Waals surface area contributed by atoms with Crippen molar-refractivity contribution in [2.75, 3.05) is 13.7 Å². The van der Waals surface area contributed by atoms with Gasteiger partial charge in [-0.25, -0.2) is 4.98 Å². The van der Waals surface area contributed by atoms with E-state index in [0.717, 1.165) is 16.3 Å². The summed E-state index contributed by atoms with van der Waals surface area (Å²) in [5.41, 5.74) is 0.280. The van der Waals surface area contributed by atoms with Crippen LogP contribution in [0.15, 0.2) is 35.8 Å². The van der Waals surface area contributed by atoms with E-state index in [2.05, 4.69) is 10.9 Å². The molecule has 0 amide bonds. The Hall–Kier alpha value is -1.83. The monoisotopic (exact) mass is 273 g/mol. The van der Waals surface area contributed by atoms with Gasteiger partial charge in [0.1, 0.15) is 23.0 Å². The second-order valence-electron chi connectivity index (χ2n) is 4.06. The molecule has 0 spiro atoms. The number of nitrogens with zero attached hydrogens (tertiary/aromatic N) is 1. The van der Waals surface area contributed by atoms with Crippen molar-refractivity contribution in [1.29, 1.82) is 0 Å². The summed E-state index contributed by atoms with van der Waals surface area (Å²) >= 11 is 1.55. The molecular formula is C15H15NO2S. The summed E-state index contributed by atoms with van der Waals surface area (Å²) in [5.74, 6) is 3.19. The van der Waals surface area contributed by atoms with Crippen molar-refractivity contribution in [2.24, 2.45) is 0 Å². The summed E-state index contributed by atoms with van der Waals surface area (Å²) in [6.07, 6.45) is 7.01. The van der Waals surface area contributed by atoms with Crippen molar-refractivity contribution in [3.8, 4) is 18.1 Å². The molecule has 0 N–H and O–H groups in total. The number of terminal acetylenes is 1. The molecule has 98 valence electrons. The molecule has 4 heteroatoms. The van der Waals surface area contributed by atoms with E-state index in [1.165, 1.54) is 0 Å². The summed E-state index contributed by atoms with van der Waals surface area (Å²) in [6, 6.07) is 7.71. The van der Waals surface area contributed by atoms with Gasteiger partial charge in [0.2, 0.25) is 0 Å². The van der Waals surface area contributed by atoms with Crippen LogP contribution < -0.4 is 4.74 Å². The van der Waals surface area contributed by atoms with Gasteiger partial charge >= 0.3 is 0 Å². The Bertz CT molecular complexity index is 574. The van der Waals surface area contributed by atoms with Crippen LogP contribution in [-0.4, -0.2) is 18.7 Å². The summed E-state index contributed by atoms with van der Waals surface area (Å²) < 4.78 is 11.3. The van der Waals surface area contributed by atoms with Crippen molar-refractivity contribution in [1.82, 2.24) is 4.98 Å². The summed E-state index contributed by atoms with van der Waals surface area (Å²) in [6.45, 7) is 2.21. The molecule has 0 saturated heterocycles. The Labute approximate surface area is 117 Å². The predicted octanol–water partition coefficient (Wildman–Crippen LogP) is 3.07. The molecule has 1 aromatic heterocycles. The Morgan fingerprint density at radius 3 is 2.84 bits per heavy atom. The maximum Gasteiger partial charge on any atom is 0.148 e. The highest BCUT2D eigenvalue weighted by Gasteiger charge is 2.34. The highest BCUT2D eigenvalue weighted by molar-refractivity contribution is 7.09. The molecule has 1 atom stereocenters. The minimum atomic E-state index is -0.640. The number of rotatable bonds is 5. The zero-order valence-electron chi connectivity index (χ0n) is 10.9. The lowest BCUT2D eigenvalue weighted by Crippen LogP contribution is -2.26. The molecule has 0 aliphatic heterocycles. The first-order chi connectivity index (χ1) is 9.22. The maximum absolute atomic E-state index is 5.71. The smallest absolute Gasteiger partial charge is 0.148 e. The Kier molecular flexibility index (Phi) is 4.20. The molecule has 0 fully saturated rings. The average Bonchev–Trinajstić information content (AvgIpc) is 2.99. The van der Waals surface area contributed by atoms with Gasteiger partial charge in [0.05, 0.1) is 0 Å². The standard InChI is InChI=1S/C15H15NO2S/c1-4-10-18-13-8-6-5-7-12(13)15(2,17-3)14-16-9-11-19-14/h1,5-9,11H,10H2,2-3H3. The molecule has 1 unspecified atom stereocenters. The van der Waals surface area contributed by atoms with Gasteiger partial charge in [0.15, 0.2) is 0 Å². The molecule has 0 bridgehead atoms. The number of thiazole rings is 1. The first-order valence-corrected chi connectivity index (χ1v) is 6.71. The van der Waals surface area contributed by atoms with Crippen LogP contribution in [0.2, 0.25) is 0 Å². The Morgan fingerprint density at radius 1 is 1.42 bits per heavy atom. The van der Waals surface area contributed by atoms with Crippen LogP contribution >= 0.6 is 11.3 Å². The van der Waals surface area contributed by atoms with Gasteiger partial charge in [-0.1, -0.05) is 24.1 Å². The minimum Gasteiger partial charge on any atom is -0.481 e. The molecule has 2 rings (SSSR count). The lowest BCUT2D eigenvalue weighted by molar-refractivity contribution is 0.0366. The van der Waals surface area contributed by atoms with Crippen molar-refractivity contribution in [3.05, 3.63) is 46.4 Å². The number of ether oxygens (including phenoxy) is 2. The highest BCUT2D eigenvalue weighted by atomic mass is 32.1. The van der Waals surface area contributed by atoms with Gasteiger partial charge in [-0.15, -0.1) is 17.8 Å². The fourth-order valence-electron chi connectivity index (χ4n) is 1.88. The summed E-state index contributed by atoms with van der Waals surface area (Å²) in [5, 5.41) is 2.81.